The molecule has 0 amide bonds. The van der Waals surface area contributed by atoms with E-state index in [1.807, 2.05) is 0 Å². The predicted octanol–water partition coefficient (Wildman–Crippen LogP) is 6.13. The summed E-state index contributed by atoms with van der Waals surface area (Å²) in [6.45, 7) is -0.632. The number of rotatable bonds is 15. The van der Waals surface area contributed by atoms with E-state index in [-0.39, 0.29) is 13.2 Å². The summed E-state index contributed by atoms with van der Waals surface area (Å²) in [6, 6.07) is 0. The number of likely N-dealkylation sites (N-methyl/N-ethyl adjacent to an activating group) is 1. The summed E-state index contributed by atoms with van der Waals surface area (Å²) in [4.78, 5) is 9.38. The lowest BCUT2D eigenvalue weighted by molar-refractivity contribution is -0.870. The minimum Gasteiger partial charge on any atom is -0.329 e. The third-order valence-corrected chi connectivity index (χ3v) is 5.42. The summed E-state index contributed by atoms with van der Waals surface area (Å²) < 4.78 is 190. The highest BCUT2D eigenvalue weighted by Gasteiger charge is 2.90. The highest BCUT2D eigenvalue weighted by Crippen LogP contribution is 2.60. The van der Waals surface area contributed by atoms with E-state index in [4.69, 9.17) is 0 Å². The largest absolute Gasteiger partial charge is 0.472 e. The fourth-order valence-corrected chi connectivity index (χ4v) is 2.98. The van der Waals surface area contributed by atoms with E-state index in [0.29, 0.717) is 4.48 Å². The smallest absolute Gasteiger partial charge is 0.329 e. The molecule has 5 nitrogen and oxygen atoms in total. The summed E-state index contributed by atoms with van der Waals surface area (Å²) in [5.41, 5.74) is 0. The Morgan fingerprint density at radius 3 is 1.51 bits per heavy atom. The van der Waals surface area contributed by atoms with Crippen molar-refractivity contribution in [3.05, 3.63) is 0 Å². The van der Waals surface area contributed by atoms with Crippen molar-refractivity contribution in [3.63, 3.8) is 0 Å². The molecule has 0 aliphatic heterocycles. The maximum Gasteiger partial charge on any atom is 0.472 e. The number of halogens is 13. The van der Waals surface area contributed by atoms with Gasteiger partial charge < -0.3 is 9.38 Å². The molecule has 35 heavy (non-hydrogen) atoms. The third-order valence-electron chi connectivity index (χ3n) is 4.40. The van der Waals surface area contributed by atoms with Gasteiger partial charge in [0.25, 0.3) is 0 Å². The van der Waals surface area contributed by atoms with Crippen LogP contribution in [0.3, 0.4) is 0 Å². The van der Waals surface area contributed by atoms with Gasteiger partial charge in [0.1, 0.15) is 13.2 Å². The zero-order valence-electron chi connectivity index (χ0n) is 18.4. The number of nitrogens with zero attached hydrogens (tertiary/aromatic N) is 1. The van der Waals surface area contributed by atoms with Gasteiger partial charge in [-0.1, -0.05) is 6.42 Å². The molecule has 1 atom stereocenters. The van der Waals surface area contributed by atoms with Gasteiger partial charge in [-0.3, -0.25) is 9.05 Å². The molecule has 0 aliphatic carbocycles. The Hall–Kier alpha value is -0.840. The fourth-order valence-electron chi connectivity index (χ4n) is 2.23. The van der Waals surface area contributed by atoms with Gasteiger partial charge in [0.2, 0.25) is 0 Å². The van der Waals surface area contributed by atoms with Crippen molar-refractivity contribution < 1.29 is 80.1 Å². The average Bonchev–Trinajstić information content (AvgIpc) is 2.61. The second-order valence-electron chi connectivity index (χ2n) is 8.46. The van der Waals surface area contributed by atoms with E-state index in [1.54, 1.807) is 21.1 Å². The van der Waals surface area contributed by atoms with Crippen LogP contribution in [-0.2, 0) is 13.6 Å². The number of alkyl halides is 13. The van der Waals surface area contributed by atoms with Gasteiger partial charge >= 0.3 is 43.6 Å². The SMILES string of the molecule is C[N+](C)(C)CCOP(=O)(O)OCCCCCC(F)(F)C(F)(F)C(F)(F)C(F)(F)C(F)(F)C(F)(F)F. The van der Waals surface area contributed by atoms with Crippen LogP contribution in [-0.4, -0.2) is 86.1 Å². The fraction of sp³-hybridized carbons (Fsp3) is 1.00. The second kappa shape index (κ2) is 10.9. The molecular weight excluding hydrogens is 548 g/mol. The van der Waals surface area contributed by atoms with Crippen LogP contribution < -0.4 is 0 Å². The van der Waals surface area contributed by atoms with E-state index < -0.39 is 75.9 Å². The predicted molar refractivity (Wildman–Crippen MR) is 93.9 cm³/mol. The van der Waals surface area contributed by atoms with Gasteiger partial charge in [-0.25, -0.2) is 4.57 Å². The molecule has 0 aromatic rings. The number of phosphoric acid groups is 1. The minimum absolute atomic E-state index is 0.231. The summed E-state index contributed by atoms with van der Waals surface area (Å²) in [5.74, 6) is -36.9. The van der Waals surface area contributed by atoms with Gasteiger partial charge in [0, 0.05) is 6.42 Å². The van der Waals surface area contributed by atoms with Crippen molar-refractivity contribution in [1.82, 2.24) is 0 Å². The molecule has 0 spiro atoms. The number of unbranched alkanes of at least 4 members (excludes halogenated alkanes) is 2. The van der Waals surface area contributed by atoms with Crippen LogP contribution in [0.4, 0.5) is 57.1 Å². The maximum atomic E-state index is 13.6. The third kappa shape index (κ3) is 8.07. The Kier molecular flexibility index (Phi) is 10.6. The van der Waals surface area contributed by atoms with Crippen molar-refractivity contribution in [2.45, 2.75) is 61.5 Å². The van der Waals surface area contributed by atoms with E-state index in [9.17, 15) is 66.5 Å². The Morgan fingerprint density at radius 1 is 0.657 bits per heavy atom. The van der Waals surface area contributed by atoms with Crippen LogP contribution in [0.2, 0.25) is 0 Å². The van der Waals surface area contributed by atoms with Crippen molar-refractivity contribution >= 4 is 7.82 Å². The van der Waals surface area contributed by atoms with Crippen molar-refractivity contribution in [1.29, 1.82) is 0 Å². The molecule has 212 valence electrons. The highest BCUT2D eigenvalue weighted by molar-refractivity contribution is 7.47. The first-order valence-electron chi connectivity index (χ1n) is 9.54. The van der Waals surface area contributed by atoms with Gasteiger partial charge in [0.05, 0.1) is 27.7 Å². The highest BCUT2D eigenvalue weighted by atomic mass is 31.2. The summed E-state index contributed by atoms with van der Waals surface area (Å²) in [6.07, 6.45) is -12.0. The van der Waals surface area contributed by atoms with E-state index in [0.717, 1.165) is 0 Å². The average molecular weight is 572 g/mol. The lowest BCUT2D eigenvalue weighted by Crippen LogP contribution is -2.70. The molecule has 1 N–H and O–H groups in total. The van der Waals surface area contributed by atoms with Crippen LogP contribution >= 0.6 is 7.82 Å². The molecule has 1 unspecified atom stereocenters. The van der Waals surface area contributed by atoms with Gasteiger partial charge in [-0.2, -0.15) is 57.1 Å². The normalized spacial score (nSPS) is 16.9. The van der Waals surface area contributed by atoms with E-state index in [1.165, 1.54) is 0 Å². The van der Waals surface area contributed by atoms with Gasteiger partial charge in [-0.15, -0.1) is 0 Å². The minimum atomic E-state index is -7.92. The first-order chi connectivity index (χ1) is 15.2. The molecule has 0 aromatic heterocycles. The van der Waals surface area contributed by atoms with Crippen LogP contribution in [0.15, 0.2) is 0 Å². The summed E-state index contributed by atoms with van der Waals surface area (Å²) in [7, 11) is 0.600. The first-order valence-corrected chi connectivity index (χ1v) is 11.0. The van der Waals surface area contributed by atoms with Crippen molar-refractivity contribution in [3.8, 4) is 0 Å². The molecule has 0 aliphatic rings. The summed E-state index contributed by atoms with van der Waals surface area (Å²) in [5, 5.41) is 0. The zero-order chi connectivity index (χ0) is 28.4. The monoisotopic (exact) mass is 572 g/mol. The Balaban J connectivity index is 5.01. The van der Waals surface area contributed by atoms with Crippen LogP contribution in [0, 0.1) is 0 Å². The number of hydrogen-bond donors (Lipinski definition) is 1. The topological polar surface area (TPSA) is 55.8 Å². The molecule has 0 fully saturated rings. The molecule has 0 aromatic carbocycles. The summed E-state index contributed by atoms with van der Waals surface area (Å²) >= 11 is 0. The van der Waals surface area contributed by atoms with Gasteiger partial charge in [-0.05, 0) is 12.8 Å². The molecule has 0 saturated heterocycles. The molecule has 0 heterocycles. The quantitative estimate of drug-likeness (QED) is 0.111. The Morgan fingerprint density at radius 2 is 1.09 bits per heavy atom. The van der Waals surface area contributed by atoms with Crippen LogP contribution in [0.1, 0.15) is 25.7 Å². The second-order valence-corrected chi connectivity index (χ2v) is 9.91. The van der Waals surface area contributed by atoms with E-state index in [2.05, 4.69) is 9.05 Å². The van der Waals surface area contributed by atoms with Crippen LogP contribution in [0.5, 0.6) is 0 Å². The van der Waals surface area contributed by atoms with Crippen LogP contribution in [0.25, 0.3) is 0 Å². The zero-order valence-corrected chi connectivity index (χ0v) is 19.3. The first kappa shape index (κ1) is 34.2. The molecule has 0 rings (SSSR count). The lowest BCUT2D eigenvalue weighted by atomic mass is 9.91. The lowest BCUT2D eigenvalue weighted by Gasteiger charge is -2.39. The van der Waals surface area contributed by atoms with Crippen molar-refractivity contribution in [2.24, 2.45) is 0 Å². The maximum absolute atomic E-state index is 13.6. The van der Waals surface area contributed by atoms with Gasteiger partial charge in [0.15, 0.2) is 0 Å². The standard InChI is InChI=1S/C16H23F13NO4P/c1-30(2,3)8-10-34-35(31,32)33-9-6-4-5-7-11(17,18)12(19,20)13(21,22)14(23,24)15(25,26)16(27,28)29/h4-10H2,1-3H3/p+1. The molecular formula is C16H24F13NO4P+. The van der Waals surface area contributed by atoms with Crippen molar-refractivity contribution in [2.75, 3.05) is 40.9 Å². The number of hydrogen-bond acceptors (Lipinski definition) is 3. The molecule has 0 saturated carbocycles. The molecule has 0 bridgehead atoms. The Bertz CT molecular complexity index is 738. The molecule has 19 heteroatoms. The Labute approximate surface area is 191 Å². The number of phosphoric ester groups is 1. The number of quaternary nitrogens is 1. The molecule has 0 radical (unpaired) electrons. The van der Waals surface area contributed by atoms with E-state index >= 15 is 0 Å².